The van der Waals surface area contributed by atoms with Crippen molar-refractivity contribution in [2.45, 2.75) is 0 Å². The highest BCUT2D eigenvalue weighted by atomic mass is 16.1. The summed E-state index contributed by atoms with van der Waals surface area (Å²) in [7, 11) is 0. The maximum absolute atomic E-state index is 11.7. The van der Waals surface area contributed by atoms with Gasteiger partial charge < -0.3 is 5.32 Å². The van der Waals surface area contributed by atoms with Gasteiger partial charge in [0.1, 0.15) is 5.82 Å². The number of carbonyl (C=O) groups excluding carboxylic acids is 1. The third-order valence-corrected chi connectivity index (χ3v) is 2.33. The van der Waals surface area contributed by atoms with Crippen LogP contribution in [0.1, 0.15) is 10.4 Å². The third kappa shape index (κ3) is 4.23. The van der Waals surface area contributed by atoms with E-state index in [4.69, 9.17) is 0 Å². The van der Waals surface area contributed by atoms with Crippen molar-refractivity contribution in [3.05, 3.63) is 60.3 Å². The number of nitrogens with zero attached hydrogens (tertiary/aromatic N) is 2. The van der Waals surface area contributed by atoms with Crippen molar-refractivity contribution in [2.24, 2.45) is 5.10 Å². The second-order valence-corrected chi connectivity index (χ2v) is 3.71. The smallest absolute Gasteiger partial charge is 0.251 e. The van der Waals surface area contributed by atoms with E-state index in [1.165, 1.54) is 0 Å². The van der Waals surface area contributed by atoms with E-state index >= 15 is 0 Å². The van der Waals surface area contributed by atoms with Gasteiger partial charge in [-0.05, 0) is 24.3 Å². The fraction of sp³-hybridized carbons (Fsp3) is 0.0714. The van der Waals surface area contributed by atoms with E-state index < -0.39 is 0 Å². The number of rotatable bonds is 5. The summed E-state index contributed by atoms with van der Waals surface area (Å²) in [6.45, 7) is 0.355. The SMILES string of the molecule is O=C(NC/C=N/Nc1ccccn1)c1ccccc1. The first-order chi connectivity index (χ1) is 9.36. The number of carbonyl (C=O) groups is 1. The summed E-state index contributed by atoms with van der Waals surface area (Å²) in [5.74, 6) is 0.540. The molecule has 2 rings (SSSR count). The highest BCUT2D eigenvalue weighted by Crippen LogP contribution is 1.98. The number of hydrazone groups is 1. The van der Waals surface area contributed by atoms with Gasteiger partial charge in [0.2, 0.25) is 0 Å². The molecule has 1 heterocycles. The summed E-state index contributed by atoms with van der Waals surface area (Å²) in [4.78, 5) is 15.7. The van der Waals surface area contributed by atoms with E-state index in [0.717, 1.165) is 0 Å². The molecule has 0 aliphatic rings. The first kappa shape index (κ1) is 12.8. The predicted molar refractivity (Wildman–Crippen MR) is 75.1 cm³/mol. The van der Waals surface area contributed by atoms with Crippen LogP contribution in [0.5, 0.6) is 0 Å². The molecule has 2 aromatic rings. The fourth-order valence-electron chi connectivity index (χ4n) is 1.42. The van der Waals surface area contributed by atoms with E-state index in [0.29, 0.717) is 17.9 Å². The van der Waals surface area contributed by atoms with E-state index in [1.807, 2.05) is 30.3 Å². The highest BCUT2D eigenvalue weighted by molar-refractivity contribution is 5.95. The molecular formula is C14H14N4O. The van der Waals surface area contributed by atoms with Crippen molar-refractivity contribution in [2.75, 3.05) is 12.0 Å². The Morgan fingerprint density at radius 1 is 1.16 bits per heavy atom. The molecule has 1 aromatic carbocycles. The molecule has 0 bridgehead atoms. The molecule has 0 spiro atoms. The van der Waals surface area contributed by atoms with Gasteiger partial charge in [-0.25, -0.2) is 4.98 Å². The standard InChI is InChI=1S/C14H14N4O/c19-14(12-6-2-1-3-7-12)16-10-11-17-18-13-8-4-5-9-15-13/h1-9,11H,10H2,(H,15,18)(H,16,19)/b17-11+. The first-order valence-corrected chi connectivity index (χ1v) is 5.88. The molecule has 0 saturated heterocycles. The van der Waals surface area contributed by atoms with E-state index in [1.54, 1.807) is 30.6 Å². The zero-order chi connectivity index (χ0) is 13.3. The summed E-state index contributed by atoms with van der Waals surface area (Å²) in [5, 5.41) is 6.69. The van der Waals surface area contributed by atoms with Crippen molar-refractivity contribution in [1.82, 2.24) is 10.3 Å². The normalized spacial score (nSPS) is 10.3. The van der Waals surface area contributed by atoms with Crippen molar-refractivity contribution in [3.8, 4) is 0 Å². The van der Waals surface area contributed by atoms with Crippen LogP contribution in [0.15, 0.2) is 59.8 Å². The van der Waals surface area contributed by atoms with Crippen molar-refractivity contribution in [1.29, 1.82) is 0 Å². The number of amides is 1. The average Bonchev–Trinajstić information content (AvgIpc) is 2.49. The minimum absolute atomic E-state index is 0.120. The number of hydrogen-bond donors (Lipinski definition) is 2. The number of benzene rings is 1. The van der Waals surface area contributed by atoms with E-state index in [9.17, 15) is 4.79 Å². The summed E-state index contributed by atoms with van der Waals surface area (Å²) >= 11 is 0. The third-order valence-electron chi connectivity index (χ3n) is 2.33. The van der Waals surface area contributed by atoms with Gasteiger partial charge in [-0.1, -0.05) is 24.3 Å². The lowest BCUT2D eigenvalue weighted by molar-refractivity contribution is 0.0959. The van der Waals surface area contributed by atoms with Crippen molar-refractivity contribution < 1.29 is 4.79 Å². The van der Waals surface area contributed by atoms with Crippen LogP contribution >= 0.6 is 0 Å². The predicted octanol–water partition coefficient (Wildman–Crippen LogP) is 1.91. The van der Waals surface area contributed by atoms with Gasteiger partial charge in [0.25, 0.3) is 5.91 Å². The molecule has 96 valence electrons. The van der Waals surface area contributed by atoms with Crippen molar-refractivity contribution in [3.63, 3.8) is 0 Å². The maximum Gasteiger partial charge on any atom is 0.251 e. The van der Waals surface area contributed by atoms with Gasteiger partial charge in [-0.3, -0.25) is 10.2 Å². The van der Waals surface area contributed by atoms with Gasteiger partial charge in [0.05, 0.1) is 6.54 Å². The van der Waals surface area contributed by atoms with E-state index in [2.05, 4.69) is 20.8 Å². The molecule has 5 heteroatoms. The lowest BCUT2D eigenvalue weighted by Crippen LogP contribution is -2.25. The van der Waals surface area contributed by atoms with Crippen LogP contribution in [0.4, 0.5) is 5.82 Å². The molecule has 0 fully saturated rings. The quantitative estimate of drug-likeness (QED) is 0.632. The Hall–Kier alpha value is -2.69. The maximum atomic E-state index is 11.7. The van der Waals surface area contributed by atoms with Crippen LogP contribution in [0.3, 0.4) is 0 Å². The Morgan fingerprint density at radius 2 is 1.95 bits per heavy atom. The first-order valence-electron chi connectivity index (χ1n) is 5.88. The molecule has 0 aliphatic carbocycles. The fourth-order valence-corrected chi connectivity index (χ4v) is 1.42. The Kier molecular flexibility index (Phi) is 4.64. The summed E-state index contributed by atoms with van der Waals surface area (Å²) < 4.78 is 0. The van der Waals surface area contributed by atoms with Crippen LogP contribution in [0, 0.1) is 0 Å². The number of pyridine rings is 1. The van der Waals surface area contributed by atoms with Gasteiger partial charge in [0, 0.05) is 18.0 Å². The van der Waals surface area contributed by atoms with Crippen LogP contribution in [0.25, 0.3) is 0 Å². The zero-order valence-electron chi connectivity index (χ0n) is 10.3. The minimum Gasteiger partial charge on any atom is -0.347 e. The topological polar surface area (TPSA) is 66.4 Å². The molecular weight excluding hydrogens is 240 g/mol. The molecule has 0 saturated carbocycles. The van der Waals surface area contributed by atoms with Crippen LogP contribution in [-0.2, 0) is 0 Å². The molecule has 0 radical (unpaired) electrons. The summed E-state index contributed by atoms with van der Waals surface area (Å²) in [5.41, 5.74) is 3.40. The summed E-state index contributed by atoms with van der Waals surface area (Å²) in [6, 6.07) is 14.5. The van der Waals surface area contributed by atoms with Crippen LogP contribution in [0.2, 0.25) is 0 Å². The zero-order valence-corrected chi connectivity index (χ0v) is 10.3. The Balaban J connectivity index is 1.73. The van der Waals surface area contributed by atoms with Gasteiger partial charge in [-0.2, -0.15) is 5.10 Å². The number of anilines is 1. The van der Waals surface area contributed by atoms with Gasteiger partial charge >= 0.3 is 0 Å². The number of hydrogen-bond acceptors (Lipinski definition) is 4. The Bertz CT molecular complexity index is 540. The molecule has 0 aliphatic heterocycles. The lowest BCUT2D eigenvalue weighted by Gasteiger charge is -2.01. The number of nitrogens with one attached hydrogen (secondary N) is 2. The molecule has 5 nitrogen and oxygen atoms in total. The molecule has 1 amide bonds. The van der Waals surface area contributed by atoms with E-state index in [-0.39, 0.29) is 5.91 Å². The van der Waals surface area contributed by atoms with Crippen molar-refractivity contribution >= 4 is 17.9 Å². The molecule has 0 atom stereocenters. The van der Waals surface area contributed by atoms with Crippen LogP contribution < -0.4 is 10.7 Å². The average molecular weight is 254 g/mol. The lowest BCUT2D eigenvalue weighted by atomic mass is 10.2. The van der Waals surface area contributed by atoms with Gasteiger partial charge in [-0.15, -0.1) is 0 Å². The van der Waals surface area contributed by atoms with Crippen LogP contribution in [-0.4, -0.2) is 23.7 Å². The largest absolute Gasteiger partial charge is 0.347 e. The summed E-state index contributed by atoms with van der Waals surface area (Å²) in [6.07, 6.45) is 3.25. The second-order valence-electron chi connectivity index (χ2n) is 3.71. The minimum atomic E-state index is -0.120. The second kappa shape index (κ2) is 6.90. The molecule has 1 aromatic heterocycles. The Morgan fingerprint density at radius 3 is 2.68 bits per heavy atom. The molecule has 2 N–H and O–H groups in total. The highest BCUT2D eigenvalue weighted by Gasteiger charge is 2.01. The molecule has 19 heavy (non-hydrogen) atoms. The van der Waals surface area contributed by atoms with Gasteiger partial charge in [0.15, 0.2) is 0 Å². The molecule has 0 unspecified atom stereocenters. The Labute approximate surface area is 111 Å². The monoisotopic (exact) mass is 254 g/mol. The number of aromatic nitrogens is 1.